The van der Waals surface area contributed by atoms with Crippen molar-refractivity contribution < 1.29 is 38.1 Å². The van der Waals surface area contributed by atoms with Gasteiger partial charge in [0.2, 0.25) is 25.4 Å². The van der Waals surface area contributed by atoms with Gasteiger partial charge in [-0.05, 0) is 0 Å². The first-order valence-electron chi connectivity index (χ1n) is 6.05. The van der Waals surface area contributed by atoms with Crippen molar-refractivity contribution in [3.8, 4) is 0 Å². The molecule has 0 fully saturated rings. The Morgan fingerprint density at radius 1 is 0.571 bits per heavy atom. The third-order valence-corrected chi connectivity index (χ3v) is 4.87. The predicted octanol–water partition coefficient (Wildman–Crippen LogP) is 1.09. The molecule has 0 bridgehead atoms. The predicted molar refractivity (Wildman–Crippen MR) is 73.5 cm³/mol. The number of carbonyl (C=O) groups excluding carboxylic acids is 4. The van der Waals surface area contributed by atoms with E-state index in [0.29, 0.717) is 0 Å². The zero-order valence-electron chi connectivity index (χ0n) is 12.5. The first-order chi connectivity index (χ1) is 9.67. The van der Waals surface area contributed by atoms with Crippen LogP contribution in [0.2, 0.25) is 0 Å². The van der Waals surface area contributed by atoms with E-state index in [1.807, 2.05) is 0 Å². The highest BCUT2D eigenvalue weighted by Crippen LogP contribution is 2.58. The Balaban J connectivity index is 5.02. The lowest BCUT2D eigenvalue weighted by atomic mass is 10.8. The smallest absolute Gasteiger partial charge is 0.305 e. The van der Waals surface area contributed by atoms with Gasteiger partial charge in [0.1, 0.15) is 0 Å². The molecule has 0 rings (SSSR count). The van der Waals surface area contributed by atoms with E-state index in [1.54, 1.807) is 0 Å². The fourth-order valence-electron chi connectivity index (χ4n) is 1.13. The van der Waals surface area contributed by atoms with E-state index in [1.165, 1.54) is 27.7 Å². The zero-order valence-corrected chi connectivity index (χ0v) is 13.4. The van der Waals surface area contributed by atoms with E-state index in [9.17, 15) is 19.2 Å². The van der Waals surface area contributed by atoms with Crippen LogP contribution in [0.15, 0.2) is 0 Å². The van der Waals surface area contributed by atoms with Gasteiger partial charge in [-0.25, -0.2) is 0 Å². The molecular formula is C12H20O8P+. The number of esters is 4. The van der Waals surface area contributed by atoms with Crippen LogP contribution in [0.25, 0.3) is 0 Å². The van der Waals surface area contributed by atoms with Crippen molar-refractivity contribution >= 4 is 31.1 Å². The normalized spacial score (nSPS) is 10.5. The van der Waals surface area contributed by atoms with Crippen molar-refractivity contribution in [3.05, 3.63) is 0 Å². The SMILES string of the molecule is CC(=O)OC[P+](COC(C)=O)(COC(C)=O)COC(C)=O. The highest BCUT2D eigenvalue weighted by atomic mass is 31.2. The van der Waals surface area contributed by atoms with Gasteiger partial charge in [-0.3, -0.25) is 19.2 Å². The second-order valence-electron chi connectivity index (χ2n) is 4.40. The summed E-state index contributed by atoms with van der Waals surface area (Å²) in [7, 11) is -2.48. The molecular weight excluding hydrogens is 303 g/mol. The molecule has 0 unspecified atom stereocenters. The molecule has 0 radical (unpaired) electrons. The summed E-state index contributed by atoms with van der Waals surface area (Å²) in [5.41, 5.74) is 0. The zero-order chi connectivity index (χ0) is 16.5. The van der Waals surface area contributed by atoms with Crippen molar-refractivity contribution in [1.82, 2.24) is 0 Å². The summed E-state index contributed by atoms with van der Waals surface area (Å²) in [5, 5.41) is 0. The largest absolute Gasteiger partial charge is 0.430 e. The van der Waals surface area contributed by atoms with Crippen molar-refractivity contribution in [2.45, 2.75) is 27.7 Å². The summed E-state index contributed by atoms with van der Waals surface area (Å²) < 4.78 is 19.8. The Bertz CT molecular complexity index is 329. The van der Waals surface area contributed by atoms with E-state index in [-0.39, 0.29) is 25.4 Å². The number of hydrogen-bond donors (Lipinski definition) is 0. The monoisotopic (exact) mass is 323 g/mol. The number of rotatable bonds is 8. The molecule has 21 heavy (non-hydrogen) atoms. The molecule has 0 saturated heterocycles. The van der Waals surface area contributed by atoms with Gasteiger partial charge in [0.15, 0.2) is 7.26 Å². The third-order valence-electron chi connectivity index (χ3n) is 2.17. The molecule has 0 aromatic rings. The number of hydrogen-bond acceptors (Lipinski definition) is 8. The van der Waals surface area contributed by atoms with E-state index < -0.39 is 31.1 Å². The van der Waals surface area contributed by atoms with Gasteiger partial charge in [-0.2, -0.15) is 0 Å². The fourth-order valence-corrected chi connectivity index (χ4v) is 3.40. The first-order valence-corrected chi connectivity index (χ1v) is 8.58. The maximum Gasteiger partial charge on any atom is 0.305 e. The summed E-state index contributed by atoms with van der Waals surface area (Å²) in [6.07, 6.45) is -0.460. The van der Waals surface area contributed by atoms with Gasteiger partial charge >= 0.3 is 23.9 Å². The minimum atomic E-state index is -2.48. The third kappa shape index (κ3) is 9.79. The molecule has 8 nitrogen and oxygen atoms in total. The molecule has 0 aliphatic carbocycles. The van der Waals surface area contributed by atoms with Gasteiger partial charge in [0.25, 0.3) is 0 Å². The Labute approximate surface area is 123 Å². The second-order valence-corrected chi connectivity index (χ2v) is 8.12. The standard InChI is InChI=1S/C12H20O8P/c1-9(13)17-5-21(6-18-10(2)14,7-19-11(3)15)8-20-12(4)16/h5-8H2,1-4H3/q+1. The van der Waals surface area contributed by atoms with Gasteiger partial charge in [0.05, 0.1) is 0 Å². The van der Waals surface area contributed by atoms with Crippen LogP contribution < -0.4 is 0 Å². The molecule has 0 aliphatic rings. The average Bonchev–Trinajstić information content (AvgIpc) is 2.36. The lowest BCUT2D eigenvalue weighted by Crippen LogP contribution is -2.22. The Hall–Kier alpha value is -1.69. The van der Waals surface area contributed by atoms with Gasteiger partial charge in [-0.15, -0.1) is 0 Å². The minimum Gasteiger partial charge on any atom is -0.430 e. The van der Waals surface area contributed by atoms with Gasteiger partial charge < -0.3 is 18.9 Å². The quantitative estimate of drug-likeness (QED) is 0.371. The van der Waals surface area contributed by atoms with Crippen molar-refractivity contribution in [2.75, 3.05) is 25.4 Å². The first kappa shape index (κ1) is 19.3. The molecule has 9 heteroatoms. The lowest BCUT2D eigenvalue weighted by Gasteiger charge is -2.24. The molecule has 0 spiro atoms. The molecule has 0 aromatic heterocycles. The van der Waals surface area contributed by atoms with Crippen LogP contribution in [0.5, 0.6) is 0 Å². The molecule has 0 aromatic carbocycles. The van der Waals surface area contributed by atoms with Crippen molar-refractivity contribution in [2.24, 2.45) is 0 Å². The van der Waals surface area contributed by atoms with E-state index in [4.69, 9.17) is 18.9 Å². The number of ether oxygens (including phenoxy) is 4. The lowest BCUT2D eigenvalue weighted by molar-refractivity contribution is -0.139. The highest BCUT2D eigenvalue weighted by Gasteiger charge is 2.44. The number of carbonyl (C=O) groups is 4. The van der Waals surface area contributed by atoms with Crippen LogP contribution in [0, 0.1) is 0 Å². The van der Waals surface area contributed by atoms with Crippen molar-refractivity contribution in [1.29, 1.82) is 0 Å². The van der Waals surface area contributed by atoms with Crippen molar-refractivity contribution in [3.63, 3.8) is 0 Å². The van der Waals surface area contributed by atoms with Crippen LogP contribution in [0.1, 0.15) is 27.7 Å². The van der Waals surface area contributed by atoms with Crippen LogP contribution in [0.3, 0.4) is 0 Å². The van der Waals surface area contributed by atoms with E-state index in [0.717, 1.165) is 0 Å². The Morgan fingerprint density at radius 2 is 0.762 bits per heavy atom. The second kappa shape index (κ2) is 9.28. The Kier molecular flexibility index (Phi) is 8.54. The fraction of sp³-hybridized carbons (Fsp3) is 0.667. The molecule has 120 valence electrons. The summed E-state index contributed by atoms with van der Waals surface area (Å²) in [6.45, 7) is 4.88. The maximum absolute atomic E-state index is 11.0. The molecule has 0 atom stereocenters. The van der Waals surface area contributed by atoms with Gasteiger partial charge in [-0.1, -0.05) is 0 Å². The summed E-state index contributed by atoms with van der Waals surface area (Å²) >= 11 is 0. The minimum absolute atomic E-state index is 0.115. The summed E-state index contributed by atoms with van der Waals surface area (Å²) in [5.74, 6) is -2.14. The van der Waals surface area contributed by atoms with E-state index in [2.05, 4.69) is 0 Å². The molecule has 0 amide bonds. The average molecular weight is 323 g/mol. The molecule has 0 aliphatic heterocycles. The summed E-state index contributed by atoms with van der Waals surface area (Å²) in [4.78, 5) is 43.9. The molecule has 0 heterocycles. The van der Waals surface area contributed by atoms with Crippen LogP contribution in [0.4, 0.5) is 0 Å². The maximum atomic E-state index is 11.0. The van der Waals surface area contributed by atoms with Crippen LogP contribution in [-0.4, -0.2) is 49.3 Å². The van der Waals surface area contributed by atoms with Crippen LogP contribution >= 0.6 is 7.26 Å². The topological polar surface area (TPSA) is 105 Å². The van der Waals surface area contributed by atoms with Gasteiger partial charge in [0, 0.05) is 27.7 Å². The Morgan fingerprint density at radius 3 is 0.905 bits per heavy atom. The van der Waals surface area contributed by atoms with E-state index >= 15 is 0 Å². The molecule has 0 N–H and O–H groups in total. The highest BCUT2D eigenvalue weighted by molar-refractivity contribution is 7.75. The van der Waals surface area contributed by atoms with Crippen LogP contribution in [-0.2, 0) is 38.1 Å². The summed E-state index contributed by atoms with van der Waals surface area (Å²) in [6, 6.07) is 0. The molecule has 0 saturated carbocycles.